The van der Waals surface area contributed by atoms with Crippen molar-refractivity contribution in [2.24, 2.45) is 0 Å². The first kappa shape index (κ1) is 41.8. The summed E-state index contributed by atoms with van der Waals surface area (Å²) < 4.78 is 2.38. The molecule has 0 unspecified atom stereocenters. The Morgan fingerprint density at radius 1 is 0.267 bits per heavy atom. The maximum atomic E-state index is 2.54. The lowest BCUT2D eigenvalue weighted by Gasteiger charge is -2.36. The lowest BCUT2D eigenvalue weighted by atomic mass is 9.70. The van der Waals surface area contributed by atoms with Crippen molar-refractivity contribution in [3.05, 3.63) is 301 Å². The summed E-state index contributed by atoms with van der Waals surface area (Å²) in [5, 5.41) is 10.1. The van der Waals surface area contributed by atoms with E-state index in [1.807, 2.05) is 0 Å². The van der Waals surface area contributed by atoms with Crippen LogP contribution in [0.5, 0.6) is 0 Å². The molecule has 0 fully saturated rings. The molecular weight excluding hydrogens is 905 g/mol. The third-order valence-corrected chi connectivity index (χ3v) is 16.6. The molecule has 0 N–H and O–H groups in total. The molecule has 0 saturated heterocycles. The van der Waals surface area contributed by atoms with Crippen LogP contribution in [0.25, 0.3) is 104 Å². The first-order chi connectivity index (χ1) is 37.2. The summed E-state index contributed by atoms with van der Waals surface area (Å²) in [6.07, 6.45) is 0. The van der Waals surface area contributed by atoms with Gasteiger partial charge in [-0.2, -0.15) is 0 Å². The van der Waals surface area contributed by atoms with Crippen molar-refractivity contribution in [3.8, 4) is 50.2 Å². The van der Waals surface area contributed by atoms with Crippen LogP contribution < -0.4 is 4.90 Å². The smallest absolute Gasteiger partial charge is 0.0746 e. The summed E-state index contributed by atoms with van der Waals surface area (Å²) in [4.78, 5) is 2.54. The van der Waals surface area contributed by atoms with Crippen molar-refractivity contribution in [1.29, 1.82) is 0 Å². The lowest BCUT2D eigenvalue weighted by Crippen LogP contribution is -2.28. The van der Waals surface area contributed by atoms with Crippen molar-refractivity contribution in [1.82, 2.24) is 4.57 Å². The Kier molecular flexibility index (Phi) is 8.99. The van der Waals surface area contributed by atoms with Gasteiger partial charge in [0, 0.05) is 33.4 Å². The number of hydrogen-bond donors (Lipinski definition) is 0. The second-order valence-corrected chi connectivity index (χ2v) is 20.3. The molecular formula is C73H46N2. The largest absolute Gasteiger partial charge is 0.310 e. The van der Waals surface area contributed by atoms with E-state index in [-0.39, 0.29) is 0 Å². The molecule has 348 valence electrons. The molecule has 2 aliphatic rings. The van der Waals surface area contributed by atoms with Crippen LogP contribution in [0.1, 0.15) is 22.3 Å². The maximum absolute atomic E-state index is 2.54. The number of nitrogens with zero attached hydrogens (tertiary/aromatic N) is 2. The average Bonchev–Trinajstić information content (AvgIpc) is 4.29. The molecule has 16 rings (SSSR count). The Hall–Kier alpha value is -9.76. The first-order valence-electron chi connectivity index (χ1n) is 26.1. The van der Waals surface area contributed by atoms with Gasteiger partial charge in [-0.3, -0.25) is 0 Å². The Bertz CT molecular complexity index is 4560. The molecule has 0 atom stereocenters. The van der Waals surface area contributed by atoms with Crippen LogP contribution in [-0.4, -0.2) is 4.57 Å². The molecule has 2 heteroatoms. The predicted molar refractivity (Wildman–Crippen MR) is 315 cm³/mol. The van der Waals surface area contributed by atoms with Crippen LogP contribution in [-0.2, 0) is 5.41 Å². The summed E-state index contributed by atoms with van der Waals surface area (Å²) in [5.41, 5.74) is 21.6. The molecule has 1 spiro atoms. The fourth-order valence-corrected chi connectivity index (χ4v) is 13.5. The minimum Gasteiger partial charge on any atom is -0.310 e. The van der Waals surface area contributed by atoms with E-state index < -0.39 is 5.41 Å². The number of para-hydroxylation sites is 2. The van der Waals surface area contributed by atoms with E-state index in [1.165, 1.54) is 132 Å². The van der Waals surface area contributed by atoms with Gasteiger partial charge in [0.25, 0.3) is 0 Å². The quantitative estimate of drug-likeness (QED) is 0.151. The van der Waals surface area contributed by atoms with Gasteiger partial charge in [0.2, 0.25) is 0 Å². The SMILES string of the molecule is c1ccc(-n2c3ccccc3c3cc(-c4cccc(-c5ccc(N(c6ccc7c8ccccc8c8ccccc8c7c6)c6cccc7c6C6(c8ccccc8-c8ccccc86)c6ccccc6-7)cc5)c4)ccc32)cc1. The van der Waals surface area contributed by atoms with Crippen molar-refractivity contribution < 1.29 is 0 Å². The van der Waals surface area contributed by atoms with Crippen molar-refractivity contribution in [2.45, 2.75) is 5.41 Å². The molecule has 0 aliphatic heterocycles. The van der Waals surface area contributed by atoms with E-state index >= 15 is 0 Å². The van der Waals surface area contributed by atoms with E-state index in [4.69, 9.17) is 0 Å². The molecule has 0 radical (unpaired) electrons. The van der Waals surface area contributed by atoms with E-state index in [1.54, 1.807) is 0 Å². The first-order valence-corrected chi connectivity index (χ1v) is 26.1. The zero-order valence-electron chi connectivity index (χ0n) is 41.0. The molecule has 75 heavy (non-hydrogen) atoms. The Labute approximate surface area is 435 Å². The van der Waals surface area contributed by atoms with Gasteiger partial charge in [0.15, 0.2) is 0 Å². The normalized spacial score (nSPS) is 12.9. The summed E-state index contributed by atoms with van der Waals surface area (Å²) in [5.74, 6) is 0. The van der Waals surface area contributed by atoms with E-state index in [9.17, 15) is 0 Å². The van der Waals surface area contributed by atoms with Crippen LogP contribution in [0.4, 0.5) is 17.1 Å². The molecule has 14 aromatic rings. The minimum atomic E-state index is -0.534. The van der Waals surface area contributed by atoms with Gasteiger partial charge >= 0.3 is 0 Å². The third-order valence-electron chi connectivity index (χ3n) is 16.6. The van der Waals surface area contributed by atoms with Crippen molar-refractivity contribution in [3.63, 3.8) is 0 Å². The second kappa shape index (κ2) is 16.1. The number of rotatable bonds is 6. The molecule has 2 aliphatic carbocycles. The lowest BCUT2D eigenvalue weighted by molar-refractivity contribution is 0.793. The van der Waals surface area contributed by atoms with Gasteiger partial charge in [-0.05, 0) is 160 Å². The molecule has 0 amide bonds. The second-order valence-electron chi connectivity index (χ2n) is 20.3. The Morgan fingerprint density at radius 2 is 0.733 bits per heavy atom. The highest BCUT2D eigenvalue weighted by atomic mass is 15.1. The predicted octanol–water partition coefficient (Wildman–Crippen LogP) is 19.4. The van der Waals surface area contributed by atoms with Crippen LogP contribution in [0.15, 0.2) is 279 Å². The number of fused-ring (bicyclic) bond motifs is 19. The number of hydrogen-bond acceptors (Lipinski definition) is 1. The monoisotopic (exact) mass is 950 g/mol. The summed E-state index contributed by atoms with van der Waals surface area (Å²) in [7, 11) is 0. The van der Waals surface area contributed by atoms with Gasteiger partial charge in [-0.25, -0.2) is 0 Å². The van der Waals surface area contributed by atoms with E-state index in [0.29, 0.717) is 0 Å². The summed E-state index contributed by atoms with van der Waals surface area (Å²) in [6.45, 7) is 0. The summed E-state index contributed by atoms with van der Waals surface area (Å²) >= 11 is 0. The number of anilines is 3. The average molecular weight is 951 g/mol. The Morgan fingerprint density at radius 3 is 1.40 bits per heavy atom. The highest BCUT2D eigenvalue weighted by molar-refractivity contribution is 6.26. The van der Waals surface area contributed by atoms with Crippen LogP contribution >= 0.6 is 0 Å². The van der Waals surface area contributed by atoms with Crippen molar-refractivity contribution in [2.75, 3.05) is 4.90 Å². The van der Waals surface area contributed by atoms with E-state index in [2.05, 4.69) is 289 Å². The molecule has 1 heterocycles. The van der Waals surface area contributed by atoms with Gasteiger partial charge in [0.05, 0.1) is 22.1 Å². The zero-order valence-corrected chi connectivity index (χ0v) is 41.0. The minimum absolute atomic E-state index is 0.534. The Balaban J connectivity index is 0.885. The van der Waals surface area contributed by atoms with Gasteiger partial charge < -0.3 is 9.47 Å². The maximum Gasteiger partial charge on any atom is 0.0746 e. The molecule has 1 aromatic heterocycles. The van der Waals surface area contributed by atoms with Crippen LogP contribution in [0, 0.1) is 0 Å². The van der Waals surface area contributed by atoms with Gasteiger partial charge in [-0.15, -0.1) is 0 Å². The third kappa shape index (κ3) is 5.97. The standard InChI is InChI=1S/C73H46N2/c1-2-20-51(21-3-1)75-69-34-15-11-29-62(69)65-45-50(38-43-70(65)75)49-19-16-18-48(44-49)47-36-39-52(40-37-47)74(53-41-42-58-56-24-5-4-22-54(56)55-23-6-7-25-57(55)64(58)46-53)71-35-17-30-63-61-28-10-14-33-68(61)73(72(63)71)66-31-12-8-26-59(66)60-27-9-13-32-67(60)73/h1-46H. The molecule has 13 aromatic carbocycles. The highest BCUT2D eigenvalue weighted by Crippen LogP contribution is 2.65. The number of benzene rings is 13. The fourth-order valence-electron chi connectivity index (χ4n) is 13.5. The fraction of sp³-hybridized carbons (Fsp3) is 0.0137. The van der Waals surface area contributed by atoms with Gasteiger partial charge in [0.1, 0.15) is 0 Å². The van der Waals surface area contributed by atoms with Gasteiger partial charge in [-0.1, -0.05) is 212 Å². The molecule has 0 bridgehead atoms. The highest BCUT2D eigenvalue weighted by Gasteiger charge is 2.53. The zero-order chi connectivity index (χ0) is 49.2. The molecule has 2 nitrogen and oxygen atoms in total. The van der Waals surface area contributed by atoms with Crippen molar-refractivity contribution >= 4 is 71.2 Å². The van der Waals surface area contributed by atoms with E-state index in [0.717, 1.165) is 11.4 Å². The topological polar surface area (TPSA) is 8.17 Å². The van der Waals surface area contributed by atoms with Crippen LogP contribution in [0.2, 0.25) is 0 Å². The molecule has 0 saturated carbocycles. The van der Waals surface area contributed by atoms with Crippen LogP contribution in [0.3, 0.4) is 0 Å². The number of aromatic nitrogens is 1. The summed E-state index contributed by atoms with van der Waals surface area (Å²) in [6, 6.07) is 104.